The highest BCUT2D eigenvalue weighted by Gasteiger charge is 2.00. The quantitative estimate of drug-likeness (QED) is 0.783. The van der Waals surface area contributed by atoms with Gasteiger partial charge in [-0.1, -0.05) is 12.1 Å². The van der Waals surface area contributed by atoms with Crippen LogP contribution < -0.4 is 5.32 Å². The fraction of sp³-hybridized carbons (Fsp3) is 0.500. The van der Waals surface area contributed by atoms with Crippen molar-refractivity contribution in [1.29, 1.82) is 0 Å². The van der Waals surface area contributed by atoms with E-state index >= 15 is 0 Å². The van der Waals surface area contributed by atoms with E-state index in [4.69, 9.17) is 9.47 Å². The topological polar surface area (TPSA) is 30.5 Å². The lowest BCUT2D eigenvalue weighted by Crippen LogP contribution is -2.12. The Hall–Kier alpha value is -0.580. The molecule has 3 nitrogen and oxygen atoms in total. The molecule has 0 amide bonds. The van der Waals surface area contributed by atoms with Crippen LogP contribution in [0.1, 0.15) is 5.56 Å². The van der Waals surface area contributed by atoms with Gasteiger partial charge in [0.1, 0.15) is 0 Å². The molecular formula is C12H18BrNO2. The molecule has 0 radical (unpaired) electrons. The van der Waals surface area contributed by atoms with Gasteiger partial charge in [0, 0.05) is 23.8 Å². The lowest BCUT2D eigenvalue weighted by molar-refractivity contribution is 0.0759. The zero-order valence-electron chi connectivity index (χ0n) is 9.75. The molecule has 1 rings (SSSR count). The third kappa shape index (κ3) is 4.51. The van der Waals surface area contributed by atoms with E-state index in [-0.39, 0.29) is 0 Å². The van der Waals surface area contributed by atoms with E-state index in [9.17, 15) is 0 Å². The Morgan fingerprint density at radius 3 is 2.81 bits per heavy atom. The van der Waals surface area contributed by atoms with E-state index in [1.54, 1.807) is 7.11 Å². The molecule has 1 aromatic rings. The van der Waals surface area contributed by atoms with Crippen molar-refractivity contribution in [3.8, 4) is 0 Å². The van der Waals surface area contributed by atoms with Gasteiger partial charge in [-0.3, -0.25) is 0 Å². The number of benzene rings is 1. The monoisotopic (exact) mass is 287 g/mol. The second-order valence-electron chi connectivity index (χ2n) is 3.47. The van der Waals surface area contributed by atoms with E-state index < -0.39 is 0 Å². The molecule has 0 aromatic heterocycles. The third-order valence-electron chi connectivity index (χ3n) is 2.19. The van der Waals surface area contributed by atoms with E-state index in [2.05, 4.69) is 34.2 Å². The number of rotatable bonds is 7. The molecule has 0 spiro atoms. The second kappa shape index (κ2) is 7.65. The van der Waals surface area contributed by atoms with Gasteiger partial charge in [-0.25, -0.2) is 0 Å². The van der Waals surface area contributed by atoms with Gasteiger partial charge in [0.15, 0.2) is 0 Å². The minimum absolute atomic E-state index is 0.646. The van der Waals surface area contributed by atoms with Crippen LogP contribution in [0.2, 0.25) is 0 Å². The zero-order valence-corrected chi connectivity index (χ0v) is 11.3. The molecule has 0 bridgehead atoms. The first-order valence-electron chi connectivity index (χ1n) is 5.31. The average Bonchev–Trinajstić information content (AvgIpc) is 2.29. The smallest absolute Gasteiger partial charge is 0.0701 e. The standard InChI is InChI=1S/C12H18BrNO2/c1-10-4-3-5-11(12(10)13)14-6-7-16-9-8-15-2/h3-5,14H,6-9H2,1-2H3. The third-order valence-corrected chi connectivity index (χ3v) is 3.24. The fourth-order valence-electron chi connectivity index (χ4n) is 1.29. The normalized spacial score (nSPS) is 10.4. The molecule has 0 saturated heterocycles. The van der Waals surface area contributed by atoms with E-state index in [0.29, 0.717) is 19.8 Å². The first kappa shape index (κ1) is 13.5. The molecule has 4 heteroatoms. The zero-order chi connectivity index (χ0) is 11.8. The van der Waals surface area contributed by atoms with Crippen LogP contribution in [-0.2, 0) is 9.47 Å². The highest BCUT2D eigenvalue weighted by atomic mass is 79.9. The molecule has 0 atom stereocenters. The van der Waals surface area contributed by atoms with Crippen LogP contribution in [-0.4, -0.2) is 33.5 Å². The summed E-state index contributed by atoms with van der Waals surface area (Å²) in [5, 5.41) is 3.32. The van der Waals surface area contributed by atoms with Gasteiger partial charge < -0.3 is 14.8 Å². The highest BCUT2D eigenvalue weighted by Crippen LogP contribution is 2.25. The Balaban J connectivity index is 2.24. The maximum atomic E-state index is 5.36. The molecule has 0 aliphatic heterocycles. The summed E-state index contributed by atoms with van der Waals surface area (Å²) >= 11 is 3.55. The lowest BCUT2D eigenvalue weighted by atomic mass is 10.2. The van der Waals surface area contributed by atoms with Crippen molar-refractivity contribution in [2.75, 3.05) is 38.8 Å². The Morgan fingerprint density at radius 1 is 1.25 bits per heavy atom. The first-order chi connectivity index (χ1) is 7.75. The van der Waals surface area contributed by atoms with Crippen molar-refractivity contribution >= 4 is 21.6 Å². The number of halogens is 1. The predicted octanol–water partition coefficient (Wildman–Crippen LogP) is 2.83. The summed E-state index contributed by atoms with van der Waals surface area (Å²) in [7, 11) is 1.67. The summed E-state index contributed by atoms with van der Waals surface area (Å²) < 4.78 is 11.4. The number of hydrogen-bond acceptors (Lipinski definition) is 3. The molecule has 90 valence electrons. The van der Waals surface area contributed by atoms with Crippen molar-refractivity contribution in [3.05, 3.63) is 28.2 Å². The van der Waals surface area contributed by atoms with Crippen molar-refractivity contribution < 1.29 is 9.47 Å². The van der Waals surface area contributed by atoms with Crippen molar-refractivity contribution in [2.24, 2.45) is 0 Å². The number of nitrogens with one attached hydrogen (secondary N) is 1. The van der Waals surface area contributed by atoms with E-state index in [0.717, 1.165) is 16.7 Å². The number of aryl methyl sites for hydroxylation is 1. The van der Waals surface area contributed by atoms with Gasteiger partial charge in [0.25, 0.3) is 0 Å². The lowest BCUT2D eigenvalue weighted by Gasteiger charge is -2.10. The summed E-state index contributed by atoms with van der Waals surface area (Å²) in [6.07, 6.45) is 0. The summed E-state index contributed by atoms with van der Waals surface area (Å²) in [6.45, 7) is 4.85. The summed E-state index contributed by atoms with van der Waals surface area (Å²) in [5.41, 5.74) is 2.33. The second-order valence-corrected chi connectivity index (χ2v) is 4.26. The Labute approximate surface area is 105 Å². The first-order valence-corrected chi connectivity index (χ1v) is 6.10. The Bertz CT molecular complexity index is 318. The van der Waals surface area contributed by atoms with Gasteiger partial charge in [0.05, 0.1) is 19.8 Å². The molecule has 1 N–H and O–H groups in total. The highest BCUT2D eigenvalue weighted by molar-refractivity contribution is 9.10. The van der Waals surface area contributed by atoms with Gasteiger partial charge in [-0.05, 0) is 34.5 Å². The Kier molecular flexibility index (Phi) is 6.45. The van der Waals surface area contributed by atoms with Gasteiger partial charge in [0.2, 0.25) is 0 Å². The summed E-state index contributed by atoms with van der Waals surface area (Å²) in [5.74, 6) is 0. The summed E-state index contributed by atoms with van der Waals surface area (Å²) in [6, 6.07) is 6.16. The molecular weight excluding hydrogens is 270 g/mol. The Morgan fingerprint density at radius 2 is 2.06 bits per heavy atom. The van der Waals surface area contributed by atoms with Crippen LogP contribution in [0.25, 0.3) is 0 Å². The predicted molar refractivity (Wildman–Crippen MR) is 70.1 cm³/mol. The van der Waals surface area contributed by atoms with Crippen LogP contribution in [0, 0.1) is 6.92 Å². The number of anilines is 1. The molecule has 0 saturated carbocycles. The molecule has 0 unspecified atom stereocenters. The molecule has 16 heavy (non-hydrogen) atoms. The van der Waals surface area contributed by atoms with Crippen molar-refractivity contribution in [1.82, 2.24) is 0 Å². The van der Waals surface area contributed by atoms with Crippen LogP contribution in [0.5, 0.6) is 0 Å². The molecule has 0 aliphatic rings. The van der Waals surface area contributed by atoms with Crippen LogP contribution >= 0.6 is 15.9 Å². The molecule has 0 heterocycles. The number of methoxy groups -OCH3 is 1. The van der Waals surface area contributed by atoms with Gasteiger partial charge in [-0.15, -0.1) is 0 Å². The largest absolute Gasteiger partial charge is 0.382 e. The van der Waals surface area contributed by atoms with Crippen LogP contribution in [0.3, 0.4) is 0 Å². The maximum Gasteiger partial charge on any atom is 0.0701 e. The van der Waals surface area contributed by atoms with Crippen LogP contribution in [0.4, 0.5) is 5.69 Å². The minimum atomic E-state index is 0.646. The van der Waals surface area contributed by atoms with Gasteiger partial charge in [-0.2, -0.15) is 0 Å². The van der Waals surface area contributed by atoms with Crippen molar-refractivity contribution in [2.45, 2.75) is 6.92 Å². The SMILES string of the molecule is COCCOCCNc1cccc(C)c1Br. The van der Waals surface area contributed by atoms with Crippen LogP contribution in [0.15, 0.2) is 22.7 Å². The van der Waals surface area contributed by atoms with Crippen molar-refractivity contribution in [3.63, 3.8) is 0 Å². The molecule has 0 aliphatic carbocycles. The maximum absolute atomic E-state index is 5.36. The van der Waals surface area contributed by atoms with E-state index in [1.807, 2.05) is 12.1 Å². The fourth-order valence-corrected chi connectivity index (χ4v) is 1.69. The molecule has 1 aromatic carbocycles. The minimum Gasteiger partial charge on any atom is -0.382 e. The number of ether oxygens (including phenoxy) is 2. The molecule has 0 fully saturated rings. The average molecular weight is 288 g/mol. The number of hydrogen-bond donors (Lipinski definition) is 1. The van der Waals surface area contributed by atoms with E-state index in [1.165, 1.54) is 5.56 Å². The summed E-state index contributed by atoms with van der Waals surface area (Å²) in [4.78, 5) is 0. The van der Waals surface area contributed by atoms with Gasteiger partial charge >= 0.3 is 0 Å².